The number of nitrogens with zero attached hydrogens (tertiary/aromatic N) is 1. The summed E-state index contributed by atoms with van der Waals surface area (Å²) in [4.78, 5) is 23.5. The van der Waals surface area contributed by atoms with Gasteiger partial charge in [-0.25, -0.2) is 9.59 Å². The summed E-state index contributed by atoms with van der Waals surface area (Å²) in [5.74, 6) is -0.348. The zero-order valence-electron chi connectivity index (χ0n) is 7.66. The average molecular weight is 186 g/mol. The molecule has 1 heterocycles. The molecule has 1 aliphatic heterocycles. The van der Waals surface area contributed by atoms with Gasteiger partial charge in [0.05, 0.1) is 6.61 Å². The molecule has 1 fully saturated rings. The lowest BCUT2D eigenvalue weighted by Gasteiger charge is -2.20. The van der Waals surface area contributed by atoms with Crippen LogP contribution in [0, 0.1) is 0 Å². The minimum atomic E-state index is -0.546. The predicted octanol–water partition coefficient (Wildman–Crippen LogP) is 0.0926. The number of hydrogen-bond donors (Lipinski definition) is 1. The number of ether oxygens (including phenoxy) is 1. The molecule has 74 valence electrons. The van der Waals surface area contributed by atoms with Gasteiger partial charge in [0.25, 0.3) is 0 Å². The Bertz CT molecular complexity index is 217. The minimum absolute atomic E-state index is 0.335. The predicted molar refractivity (Wildman–Crippen MR) is 45.9 cm³/mol. The second kappa shape index (κ2) is 4.11. The third kappa shape index (κ3) is 2.11. The maximum Gasteiger partial charge on any atom is 0.328 e. The van der Waals surface area contributed by atoms with Crippen LogP contribution in [0.1, 0.15) is 19.8 Å². The monoisotopic (exact) mass is 186 g/mol. The van der Waals surface area contributed by atoms with Gasteiger partial charge in [-0.2, -0.15) is 0 Å². The second-order valence-electron chi connectivity index (χ2n) is 2.94. The van der Waals surface area contributed by atoms with Gasteiger partial charge in [0, 0.05) is 6.54 Å². The third-order valence-electron chi connectivity index (χ3n) is 2.09. The van der Waals surface area contributed by atoms with E-state index in [-0.39, 0.29) is 5.97 Å². The van der Waals surface area contributed by atoms with Crippen LogP contribution in [0.15, 0.2) is 0 Å². The van der Waals surface area contributed by atoms with Gasteiger partial charge < -0.3 is 15.4 Å². The summed E-state index contributed by atoms with van der Waals surface area (Å²) >= 11 is 0. The second-order valence-corrected chi connectivity index (χ2v) is 2.94. The average Bonchev–Trinajstić information content (AvgIpc) is 2.52. The smallest absolute Gasteiger partial charge is 0.328 e. The van der Waals surface area contributed by atoms with Gasteiger partial charge in [-0.05, 0) is 19.8 Å². The molecule has 0 saturated carbocycles. The van der Waals surface area contributed by atoms with Gasteiger partial charge in [-0.15, -0.1) is 0 Å². The highest BCUT2D eigenvalue weighted by Gasteiger charge is 2.33. The highest BCUT2D eigenvalue weighted by atomic mass is 16.5. The van der Waals surface area contributed by atoms with Gasteiger partial charge in [0.2, 0.25) is 0 Å². The van der Waals surface area contributed by atoms with Crippen molar-refractivity contribution in [1.29, 1.82) is 0 Å². The van der Waals surface area contributed by atoms with Crippen LogP contribution < -0.4 is 5.73 Å². The molecule has 1 atom stereocenters. The Labute approximate surface area is 76.8 Å². The SMILES string of the molecule is CCOC(=O)[C@@H]1CCCN1C(N)=O. The number of carbonyl (C=O) groups excluding carboxylic acids is 2. The van der Waals surface area contributed by atoms with Crippen LogP contribution in [0.3, 0.4) is 0 Å². The Morgan fingerprint density at radius 1 is 1.62 bits per heavy atom. The molecule has 2 N–H and O–H groups in total. The first-order valence-corrected chi connectivity index (χ1v) is 4.39. The van der Waals surface area contributed by atoms with Gasteiger partial charge in [-0.1, -0.05) is 0 Å². The van der Waals surface area contributed by atoms with E-state index < -0.39 is 12.1 Å². The van der Waals surface area contributed by atoms with Gasteiger partial charge in [0.1, 0.15) is 6.04 Å². The third-order valence-corrected chi connectivity index (χ3v) is 2.09. The molecule has 0 aliphatic carbocycles. The highest BCUT2D eigenvalue weighted by molar-refractivity contribution is 5.83. The summed E-state index contributed by atoms with van der Waals surface area (Å²) < 4.78 is 4.82. The number of urea groups is 1. The number of amides is 2. The van der Waals surface area contributed by atoms with Crippen molar-refractivity contribution in [3.63, 3.8) is 0 Å². The first-order chi connectivity index (χ1) is 6.16. The van der Waals surface area contributed by atoms with E-state index in [1.165, 1.54) is 4.90 Å². The van der Waals surface area contributed by atoms with Crippen molar-refractivity contribution < 1.29 is 14.3 Å². The van der Waals surface area contributed by atoms with Crippen molar-refractivity contribution in [2.45, 2.75) is 25.8 Å². The Morgan fingerprint density at radius 3 is 2.85 bits per heavy atom. The molecule has 1 saturated heterocycles. The Hall–Kier alpha value is -1.26. The molecule has 0 spiro atoms. The molecule has 1 rings (SSSR count). The number of rotatable bonds is 2. The standard InChI is InChI=1S/C8H14N2O3/c1-2-13-7(11)6-4-3-5-10(6)8(9)12/h6H,2-5H2,1H3,(H2,9,12)/t6-/m0/s1. The maximum absolute atomic E-state index is 11.3. The Morgan fingerprint density at radius 2 is 2.31 bits per heavy atom. The van der Waals surface area contributed by atoms with Crippen molar-refractivity contribution in [1.82, 2.24) is 4.90 Å². The van der Waals surface area contributed by atoms with E-state index in [1.807, 2.05) is 0 Å². The van der Waals surface area contributed by atoms with Gasteiger partial charge in [0.15, 0.2) is 0 Å². The van der Waals surface area contributed by atoms with Gasteiger partial charge >= 0.3 is 12.0 Å². The molecule has 0 aromatic heterocycles. The number of hydrogen-bond acceptors (Lipinski definition) is 3. The molecular weight excluding hydrogens is 172 g/mol. The zero-order chi connectivity index (χ0) is 9.84. The molecular formula is C8H14N2O3. The number of carbonyl (C=O) groups is 2. The van der Waals surface area contributed by atoms with Crippen LogP contribution in [0.4, 0.5) is 4.79 Å². The number of primary amides is 1. The van der Waals surface area contributed by atoms with Crippen LogP contribution in [0.5, 0.6) is 0 Å². The van der Waals surface area contributed by atoms with Crippen LogP contribution in [0.2, 0.25) is 0 Å². The van der Waals surface area contributed by atoms with Gasteiger partial charge in [-0.3, -0.25) is 0 Å². The maximum atomic E-state index is 11.3. The zero-order valence-corrected chi connectivity index (χ0v) is 7.66. The molecule has 0 unspecified atom stereocenters. The van der Waals surface area contributed by atoms with Crippen molar-refractivity contribution in [3.8, 4) is 0 Å². The van der Waals surface area contributed by atoms with Crippen molar-refractivity contribution in [3.05, 3.63) is 0 Å². The summed E-state index contributed by atoms with van der Waals surface area (Å²) in [5.41, 5.74) is 5.10. The summed E-state index contributed by atoms with van der Waals surface area (Å²) in [6.45, 7) is 2.63. The Kier molecular flexibility index (Phi) is 3.11. The first kappa shape index (κ1) is 9.83. The lowest BCUT2D eigenvalue weighted by molar-refractivity contribution is -0.147. The van der Waals surface area contributed by atoms with Crippen molar-refractivity contribution in [2.24, 2.45) is 5.73 Å². The van der Waals surface area contributed by atoms with Crippen molar-refractivity contribution in [2.75, 3.05) is 13.2 Å². The van der Waals surface area contributed by atoms with E-state index in [9.17, 15) is 9.59 Å². The normalized spacial score (nSPS) is 21.6. The molecule has 0 aromatic rings. The van der Waals surface area contributed by atoms with Crippen LogP contribution in [-0.2, 0) is 9.53 Å². The molecule has 0 bridgehead atoms. The summed E-state index contributed by atoms with van der Waals surface area (Å²) in [6, 6.07) is -1.01. The Balaban J connectivity index is 2.57. The lowest BCUT2D eigenvalue weighted by atomic mass is 10.2. The molecule has 5 nitrogen and oxygen atoms in total. The fraction of sp³-hybridized carbons (Fsp3) is 0.750. The first-order valence-electron chi connectivity index (χ1n) is 4.39. The van der Waals surface area contributed by atoms with E-state index in [0.717, 1.165) is 6.42 Å². The molecule has 5 heteroatoms. The number of nitrogens with two attached hydrogens (primary N) is 1. The van der Waals surface area contributed by atoms with E-state index in [4.69, 9.17) is 10.5 Å². The molecule has 1 aliphatic rings. The molecule has 0 aromatic carbocycles. The largest absolute Gasteiger partial charge is 0.464 e. The molecule has 13 heavy (non-hydrogen) atoms. The summed E-state index contributed by atoms with van der Waals surface area (Å²) in [5, 5.41) is 0. The number of esters is 1. The topological polar surface area (TPSA) is 72.6 Å². The van der Waals surface area contributed by atoms with Crippen LogP contribution >= 0.6 is 0 Å². The van der Waals surface area contributed by atoms with Crippen LogP contribution in [-0.4, -0.2) is 36.1 Å². The van der Waals surface area contributed by atoms with E-state index >= 15 is 0 Å². The molecule has 0 radical (unpaired) electrons. The van der Waals surface area contributed by atoms with E-state index in [2.05, 4.69) is 0 Å². The van der Waals surface area contributed by atoms with Crippen LogP contribution in [0.25, 0.3) is 0 Å². The van der Waals surface area contributed by atoms with E-state index in [0.29, 0.717) is 19.6 Å². The molecule has 2 amide bonds. The van der Waals surface area contributed by atoms with Crippen molar-refractivity contribution >= 4 is 12.0 Å². The lowest BCUT2D eigenvalue weighted by Crippen LogP contribution is -2.44. The van der Waals surface area contributed by atoms with E-state index in [1.54, 1.807) is 6.92 Å². The number of likely N-dealkylation sites (tertiary alicyclic amines) is 1. The highest BCUT2D eigenvalue weighted by Crippen LogP contribution is 2.17. The summed E-state index contributed by atoms with van der Waals surface area (Å²) in [7, 11) is 0. The fourth-order valence-corrected chi connectivity index (χ4v) is 1.51. The fourth-order valence-electron chi connectivity index (χ4n) is 1.51. The quantitative estimate of drug-likeness (QED) is 0.621. The summed E-state index contributed by atoms with van der Waals surface area (Å²) in [6.07, 6.45) is 1.47. The minimum Gasteiger partial charge on any atom is -0.464 e.